The van der Waals surface area contributed by atoms with Crippen LogP contribution >= 0.6 is 0 Å². The third kappa shape index (κ3) is 4.18. The lowest BCUT2D eigenvalue weighted by atomic mass is 10.1. The van der Waals surface area contributed by atoms with E-state index in [1.54, 1.807) is 6.92 Å². The zero-order valence-electron chi connectivity index (χ0n) is 10.3. The van der Waals surface area contributed by atoms with Gasteiger partial charge in [0.1, 0.15) is 6.04 Å². The third-order valence-electron chi connectivity index (χ3n) is 2.66. The molecule has 98 valence electrons. The second-order valence-corrected chi connectivity index (χ2v) is 4.10. The number of benzene rings is 1. The highest BCUT2D eigenvalue weighted by atomic mass is 16.4. The highest BCUT2D eigenvalue weighted by Gasteiger charge is 2.21. The van der Waals surface area contributed by atoms with Gasteiger partial charge in [0.15, 0.2) is 0 Å². The number of carbonyl (C=O) groups excluding carboxylic acids is 1. The van der Waals surface area contributed by atoms with Gasteiger partial charge in [0.25, 0.3) is 0 Å². The first-order chi connectivity index (χ1) is 8.54. The number of hydrogen-bond acceptors (Lipinski definition) is 3. The van der Waals surface area contributed by atoms with Crippen LogP contribution in [-0.4, -0.2) is 29.1 Å². The monoisotopic (exact) mass is 250 g/mol. The summed E-state index contributed by atoms with van der Waals surface area (Å²) in [5, 5.41) is 11.3. The van der Waals surface area contributed by atoms with E-state index in [1.807, 2.05) is 30.3 Å². The summed E-state index contributed by atoms with van der Waals surface area (Å²) in [7, 11) is 0. The van der Waals surface area contributed by atoms with Gasteiger partial charge in [-0.2, -0.15) is 0 Å². The molecule has 4 N–H and O–H groups in total. The molecule has 18 heavy (non-hydrogen) atoms. The van der Waals surface area contributed by atoms with Crippen LogP contribution in [0.25, 0.3) is 0 Å². The van der Waals surface area contributed by atoms with E-state index in [9.17, 15) is 9.59 Å². The molecule has 1 aromatic carbocycles. The molecule has 2 atom stereocenters. The lowest BCUT2D eigenvalue weighted by Gasteiger charge is -2.16. The van der Waals surface area contributed by atoms with Crippen LogP contribution in [-0.2, 0) is 16.0 Å². The van der Waals surface area contributed by atoms with Crippen molar-refractivity contribution >= 4 is 11.9 Å². The number of nitrogens with one attached hydrogen (secondary N) is 1. The summed E-state index contributed by atoms with van der Waals surface area (Å²) < 4.78 is 0. The fraction of sp³-hybridized carbons (Fsp3) is 0.385. The molecule has 0 saturated heterocycles. The molecule has 0 aliphatic heterocycles. The van der Waals surface area contributed by atoms with Crippen molar-refractivity contribution in [1.29, 1.82) is 0 Å². The fourth-order valence-corrected chi connectivity index (χ4v) is 1.58. The standard InChI is InChI=1S/C13H18N2O3/c1-2-11(13(17)18)15-12(16)10(14)8-9-6-4-3-5-7-9/h3-7,10-11H,2,8,14H2,1H3,(H,15,16)(H,17,18)/t10-,11-/m1/s1. The van der Waals surface area contributed by atoms with Crippen LogP contribution in [0.4, 0.5) is 0 Å². The SMILES string of the molecule is CC[C@@H](NC(=O)[C@H](N)Cc1ccccc1)C(=O)O. The van der Waals surface area contributed by atoms with Crippen molar-refractivity contribution in [1.82, 2.24) is 5.32 Å². The molecule has 0 unspecified atom stereocenters. The van der Waals surface area contributed by atoms with Crippen LogP contribution < -0.4 is 11.1 Å². The molecule has 1 aromatic rings. The molecule has 0 aliphatic rings. The molecule has 0 spiro atoms. The first-order valence-corrected chi connectivity index (χ1v) is 5.87. The van der Waals surface area contributed by atoms with Crippen molar-refractivity contribution in [2.75, 3.05) is 0 Å². The maximum Gasteiger partial charge on any atom is 0.326 e. The second kappa shape index (κ2) is 6.76. The van der Waals surface area contributed by atoms with Crippen LogP contribution in [0.5, 0.6) is 0 Å². The lowest BCUT2D eigenvalue weighted by molar-refractivity contribution is -0.142. The Morgan fingerprint density at radius 1 is 1.33 bits per heavy atom. The topological polar surface area (TPSA) is 92.4 Å². The minimum absolute atomic E-state index is 0.332. The van der Waals surface area contributed by atoms with Crippen molar-refractivity contribution in [3.05, 3.63) is 35.9 Å². The van der Waals surface area contributed by atoms with Crippen LogP contribution in [0, 0.1) is 0 Å². The molecule has 0 heterocycles. The Balaban J connectivity index is 2.54. The molecule has 1 rings (SSSR count). The molecule has 0 aliphatic carbocycles. The van der Waals surface area contributed by atoms with Crippen molar-refractivity contribution in [3.63, 3.8) is 0 Å². The van der Waals surface area contributed by atoms with Crippen LogP contribution in [0.3, 0.4) is 0 Å². The number of hydrogen-bond donors (Lipinski definition) is 3. The van der Waals surface area contributed by atoms with Gasteiger partial charge in [-0.15, -0.1) is 0 Å². The van der Waals surface area contributed by atoms with Gasteiger partial charge in [-0.25, -0.2) is 4.79 Å². The van der Waals surface area contributed by atoms with Gasteiger partial charge in [-0.1, -0.05) is 37.3 Å². The number of amides is 1. The molecule has 0 aromatic heterocycles. The van der Waals surface area contributed by atoms with Crippen molar-refractivity contribution < 1.29 is 14.7 Å². The molecule has 0 radical (unpaired) electrons. The molecular weight excluding hydrogens is 232 g/mol. The predicted molar refractivity (Wildman–Crippen MR) is 68.0 cm³/mol. The van der Waals surface area contributed by atoms with Crippen molar-refractivity contribution in [2.45, 2.75) is 31.8 Å². The maximum absolute atomic E-state index is 11.7. The Morgan fingerprint density at radius 2 is 1.94 bits per heavy atom. The maximum atomic E-state index is 11.7. The van der Waals surface area contributed by atoms with E-state index < -0.39 is 24.0 Å². The average Bonchev–Trinajstić information content (AvgIpc) is 2.36. The fourth-order valence-electron chi connectivity index (χ4n) is 1.58. The number of carbonyl (C=O) groups is 2. The van der Waals surface area contributed by atoms with E-state index in [2.05, 4.69) is 5.32 Å². The molecule has 0 fully saturated rings. The van der Waals surface area contributed by atoms with Crippen LogP contribution in [0.15, 0.2) is 30.3 Å². The summed E-state index contributed by atoms with van der Waals surface area (Å²) in [5.41, 5.74) is 6.70. The molecule has 0 saturated carbocycles. The first-order valence-electron chi connectivity index (χ1n) is 5.87. The smallest absolute Gasteiger partial charge is 0.326 e. The Labute approximate surface area is 106 Å². The number of rotatable bonds is 6. The number of carboxylic acid groups (broad SMARTS) is 1. The van der Waals surface area contributed by atoms with Gasteiger partial charge in [0.05, 0.1) is 6.04 Å². The summed E-state index contributed by atoms with van der Waals surface area (Å²) in [6, 6.07) is 7.76. The van der Waals surface area contributed by atoms with Crippen LogP contribution in [0.1, 0.15) is 18.9 Å². The number of aliphatic carboxylic acids is 1. The second-order valence-electron chi connectivity index (χ2n) is 4.10. The van der Waals surface area contributed by atoms with Gasteiger partial charge >= 0.3 is 5.97 Å². The van der Waals surface area contributed by atoms with E-state index in [4.69, 9.17) is 10.8 Å². The van der Waals surface area contributed by atoms with Gasteiger partial charge in [-0.3, -0.25) is 4.79 Å². The molecule has 5 nitrogen and oxygen atoms in total. The van der Waals surface area contributed by atoms with E-state index in [-0.39, 0.29) is 0 Å². The zero-order chi connectivity index (χ0) is 13.5. The molecular formula is C13H18N2O3. The van der Waals surface area contributed by atoms with Gasteiger partial charge < -0.3 is 16.2 Å². The minimum atomic E-state index is -1.04. The van der Waals surface area contributed by atoms with Crippen molar-refractivity contribution in [2.24, 2.45) is 5.73 Å². The van der Waals surface area contributed by atoms with Gasteiger partial charge in [0.2, 0.25) is 5.91 Å². The average molecular weight is 250 g/mol. The van der Waals surface area contributed by atoms with E-state index >= 15 is 0 Å². The summed E-state index contributed by atoms with van der Waals surface area (Å²) in [6.45, 7) is 1.70. The summed E-state index contributed by atoms with van der Waals surface area (Å²) in [5.74, 6) is -1.48. The Morgan fingerprint density at radius 3 is 2.44 bits per heavy atom. The predicted octanol–water partition coefficient (Wildman–Crippen LogP) is 0.536. The van der Waals surface area contributed by atoms with Gasteiger partial charge in [-0.05, 0) is 18.4 Å². The number of nitrogens with two attached hydrogens (primary N) is 1. The van der Waals surface area contributed by atoms with E-state index in [0.717, 1.165) is 5.56 Å². The first kappa shape index (κ1) is 14.2. The van der Waals surface area contributed by atoms with Crippen LogP contribution in [0.2, 0.25) is 0 Å². The quantitative estimate of drug-likeness (QED) is 0.687. The minimum Gasteiger partial charge on any atom is -0.480 e. The Kier molecular flexibility index (Phi) is 5.32. The highest BCUT2D eigenvalue weighted by molar-refractivity contribution is 5.86. The normalized spacial score (nSPS) is 13.7. The molecule has 1 amide bonds. The summed E-state index contributed by atoms with van der Waals surface area (Å²) in [6.07, 6.45) is 0.724. The largest absolute Gasteiger partial charge is 0.480 e. The molecule has 0 bridgehead atoms. The van der Waals surface area contributed by atoms with Gasteiger partial charge in [0, 0.05) is 0 Å². The van der Waals surface area contributed by atoms with E-state index in [1.165, 1.54) is 0 Å². The number of carboxylic acids is 1. The highest BCUT2D eigenvalue weighted by Crippen LogP contribution is 2.02. The van der Waals surface area contributed by atoms with E-state index in [0.29, 0.717) is 12.8 Å². The summed E-state index contributed by atoms with van der Waals surface area (Å²) >= 11 is 0. The Hall–Kier alpha value is -1.88. The molecule has 5 heteroatoms. The lowest BCUT2D eigenvalue weighted by Crippen LogP contribution is -2.48. The van der Waals surface area contributed by atoms with Crippen molar-refractivity contribution in [3.8, 4) is 0 Å². The Bertz CT molecular complexity index is 406. The zero-order valence-corrected chi connectivity index (χ0v) is 10.3. The summed E-state index contributed by atoms with van der Waals surface area (Å²) in [4.78, 5) is 22.5. The third-order valence-corrected chi connectivity index (χ3v) is 2.66.